The molecular weight excluding hydrogens is 264 g/mol. The van der Waals surface area contributed by atoms with Crippen molar-refractivity contribution in [1.82, 2.24) is 20.0 Å². The average molecular weight is 282 g/mol. The molecule has 2 rings (SSSR count). The first-order valence-electron chi connectivity index (χ1n) is 6.32. The molecule has 1 atom stereocenters. The number of carboxylic acids is 1. The van der Waals surface area contributed by atoms with E-state index in [9.17, 15) is 9.59 Å². The summed E-state index contributed by atoms with van der Waals surface area (Å²) in [5, 5.41) is 15.7. The second kappa shape index (κ2) is 6.02. The van der Waals surface area contributed by atoms with E-state index in [0.29, 0.717) is 32.0 Å². The highest BCUT2D eigenvalue weighted by atomic mass is 16.5. The standard InChI is InChI=1S/C12H18N4O4/c1-13-11(17)10-7-20-4-3-16(10)6-9-8(12(18)19)5-14-15(9)2/h5,10H,3-4,6-7H2,1-2H3,(H,13,17)(H,18,19). The first kappa shape index (κ1) is 14.5. The van der Waals surface area contributed by atoms with E-state index in [4.69, 9.17) is 9.84 Å². The Morgan fingerprint density at radius 3 is 3.00 bits per heavy atom. The summed E-state index contributed by atoms with van der Waals surface area (Å²) in [4.78, 5) is 24.9. The number of aryl methyl sites for hydroxylation is 1. The molecule has 1 fully saturated rings. The number of carbonyl (C=O) groups excluding carboxylic acids is 1. The SMILES string of the molecule is CNC(=O)C1COCCN1Cc1c(C(=O)O)cnn1C. The van der Waals surface area contributed by atoms with Crippen molar-refractivity contribution in [3.8, 4) is 0 Å². The van der Waals surface area contributed by atoms with Crippen molar-refractivity contribution in [1.29, 1.82) is 0 Å². The van der Waals surface area contributed by atoms with E-state index in [1.54, 1.807) is 14.1 Å². The smallest absolute Gasteiger partial charge is 0.339 e. The quantitative estimate of drug-likeness (QED) is 0.740. The predicted octanol–water partition coefficient (Wildman–Crippen LogP) is -0.935. The number of nitrogens with one attached hydrogen (secondary N) is 1. The van der Waals surface area contributed by atoms with Gasteiger partial charge in [-0.05, 0) is 0 Å². The Labute approximate surface area is 116 Å². The maximum absolute atomic E-state index is 11.8. The molecule has 2 heterocycles. The van der Waals surface area contributed by atoms with Gasteiger partial charge in [0.05, 0.1) is 25.1 Å². The summed E-state index contributed by atoms with van der Waals surface area (Å²) in [6.45, 7) is 1.75. The van der Waals surface area contributed by atoms with E-state index in [-0.39, 0.29) is 11.5 Å². The third-order valence-corrected chi connectivity index (χ3v) is 3.43. The van der Waals surface area contributed by atoms with Crippen LogP contribution in [0, 0.1) is 0 Å². The van der Waals surface area contributed by atoms with Crippen LogP contribution < -0.4 is 5.32 Å². The topological polar surface area (TPSA) is 96.7 Å². The molecule has 8 nitrogen and oxygen atoms in total. The average Bonchev–Trinajstić information content (AvgIpc) is 2.80. The summed E-state index contributed by atoms with van der Waals surface area (Å²) < 4.78 is 6.85. The van der Waals surface area contributed by atoms with Crippen LogP contribution in [0.5, 0.6) is 0 Å². The summed E-state index contributed by atoms with van der Waals surface area (Å²) in [5.41, 5.74) is 0.739. The normalized spacial score (nSPS) is 19.8. The molecule has 2 N–H and O–H groups in total. The van der Waals surface area contributed by atoms with Gasteiger partial charge in [0, 0.05) is 27.2 Å². The number of morpholine rings is 1. The lowest BCUT2D eigenvalue weighted by molar-refractivity contribution is -0.132. The fraction of sp³-hybridized carbons (Fsp3) is 0.583. The molecule has 1 amide bonds. The van der Waals surface area contributed by atoms with E-state index in [0.717, 1.165) is 0 Å². The summed E-state index contributed by atoms with van der Waals surface area (Å²) in [6, 6.07) is -0.412. The molecule has 1 aromatic heterocycles. The van der Waals surface area contributed by atoms with Crippen molar-refractivity contribution >= 4 is 11.9 Å². The number of likely N-dealkylation sites (N-methyl/N-ethyl adjacent to an activating group) is 1. The first-order valence-corrected chi connectivity index (χ1v) is 6.32. The van der Waals surface area contributed by atoms with Gasteiger partial charge in [0.25, 0.3) is 0 Å². The van der Waals surface area contributed by atoms with Crippen LogP contribution in [-0.4, -0.2) is 64.5 Å². The summed E-state index contributed by atoms with van der Waals surface area (Å²) in [5.74, 6) is -1.15. The zero-order valence-electron chi connectivity index (χ0n) is 11.5. The lowest BCUT2D eigenvalue weighted by atomic mass is 10.1. The number of aromatic nitrogens is 2. The maximum atomic E-state index is 11.8. The van der Waals surface area contributed by atoms with Crippen molar-refractivity contribution in [2.45, 2.75) is 12.6 Å². The molecule has 8 heteroatoms. The number of carboxylic acid groups (broad SMARTS) is 1. The molecular formula is C12H18N4O4. The van der Waals surface area contributed by atoms with Gasteiger partial charge in [0.15, 0.2) is 0 Å². The van der Waals surface area contributed by atoms with Crippen LogP contribution >= 0.6 is 0 Å². The zero-order valence-corrected chi connectivity index (χ0v) is 11.5. The number of hydrogen-bond acceptors (Lipinski definition) is 5. The highest BCUT2D eigenvalue weighted by Crippen LogP contribution is 2.15. The van der Waals surface area contributed by atoms with Crippen molar-refractivity contribution in [3.05, 3.63) is 17.5 Å². The second-order valence-electron chi connectivity index (χ2n) is 4.61. The maximum Gasteiger partial charge on any atom is 0.339 e. The van der Waals surface area contributed by atoms with Gasteiger partial charge in [-0.1, -0.05) is 0 Å². The summed E-state index contributed by atoms with van der Waals surface area (Å²) in [6.07, 6.45) is 1.33. The van der Waals surface area contributed by atoms with Crippen LogP contribution in [0.4, 0.5) is 0 Å². The Bertz CT molecular complexity index is 514. The number of aromatic carboxylic acids is 1. The fourth-order valence-electron chi connectivity index (χ4n) is 2.26. The van der Waals surface area contributed by atoms with Crippen molar-refractivity contribution in [2.75, 3.05) is 26.8 Å². The van der Waals surface area contributed by atoms with Gasteiger partial charge >= 0.3 is 5.97 Å². The molecule has 1 aliphatic heterocycles. The van der Waals surface area contributed by atoms with E-state index in [2.05, 4.69) is 10.4 Å². The van der Waals surface area contributed by atoms with Crippen LogP contribution in [-0.2, 0) is 23.1 Å². The first-order chi connectivity index (χ1) is 9.54. The minimum absolute atomic E-state index is 0.135. The largest absolute Gasteiger partial charge is 0.478 e. The van der Waals surface area contributed by atoms with E-state index in [1.165, 1.54) is 10.9 Å². The van der Waals surface area contributed by atoms with Crippen LogP contribution in [0.15, 0.2) is 6.20 Å². The number of carbonyl (C=O) groups is 2. The molecule has 0 spiro atoms. The van der Waals surface area contributed by atoms with Gasteiger partial charge in [-0.15, -0.1) is 0 Å². The van der Waals surface area contributed by atoms with Crippen molar-refractivity contribution in [2.24, 2.45) is 7.05 Å². The van der Waals surface area contributed by atoms with E-state index >= 15 is 0 Å². The van der Waals surface area contributed by atoms with E-state index < -0.39 is 12.0 Å². The van der Waals surface area contributed by atoms with Crippen molar-refractivity contribution in [3.63, 3.8) is 0 Å². The Morgan fingerprint density at radius 2 is 2.35 bits per heavy atom. The molecule has 0 aliphatic carbocycles. The van der Waals surface area contributed by atoms with Gasteiger partial charge in [-0.25, -0.2) is 4.79 Å². The monoisotopic (exact) mass is 282 g/mol. The van der Waals surface area contributed by atoms with Gasteiger partial charge in [-0.3, -0.25) is 14.4 Å². The number of hydrogen-bond donors (Lipinski definition) is 2. The van der Waals surface area contributed by atoms with Crippen LogP contribution in [0.2, 0.25) is 0 Å². The predicted molar refractivity (Wildman–Crippen MR) is 69.3 cm³/mol. The Morgan fingerprint density at radius 1 is 1.60 bits per heavy atom. The summed E-state index contributed by atoms with van der Waals surface area (Å²) in [7, 11) is 3.26. The number of nitrogens with zero attached hydrogens (tertiary/aromatic N) is 3. The lowest BCUT2D eigenvalue weighted by Gasteiger charge is -2.34. The molecule has 1 unspecified atom stereocenters. The lowest BCUT2D eigenvalue weighted by Crippen LogP contribution is -2.52. The third kappa shape index (κ3) is 2.81. The van der Waals surface area contributed by atoms with Crippen LogP contribution in [0.3, 0.4) is 0 Å². The second-order valence-corrected chi connectivity index (χ2v) is 4.61. The molecule has 0 aromatic carbocycles. The van der Waals surface area contributed by atoms with Crippen LogP contribution in [0.1, 0.15) is 16.1 Å². The molecule has 20 heavy (non-hydrogen) atoms. The molecule has 0 radical (unpaired) electrons. The summed E-state index contributed by atoms with van der Waals surface area (Å²) >= 11 is 0. The highest BCUT2D eigenvalue weighted by molar-refractivity contribution is 5.88. The van der Waals surface area contributed by atoms with E-state index in [1.807, 2.05) is 4.90 Å². The Hall–Kier alpha value is -1.93. The zero-order chi connectivity index (χ0) is 14.7. The molecule has 110 valence electrons. The Kier molecular flexibility index (Phi) is 4.35. The number of rotatable bonds is 4. The van der Waals surface area contributed by atoms with Gasteiger partial charge in [0.2, 0.25) is 5.91 Å². The number of amides is 1. The van der Waals surface area contributed by atoms with Gasteiger partial charge in [-0.2, -0.15) is 5.10 Å². The molecule has 1 aromatic rings. The fourth-order valence-corrected chi connectivity index (χ4v) is 2.26. The van der Waals surface area contributed by atoms with Gasteiger partial charge < -0.3 is 15.2 Å². The van der Waals surface area contributed by atoms with Gasteiger partial charge in [0.1, 0.15) is 11.6 Å². The molecule has 0 saturated carbocycles. The minimum Gasteiger partial charge on any atom is -0.478 e. The minimum atomic E-state index is -1.02. The van der Waals surface area contributed by atoms with Crippen molar-refractivity contribution < 1.29 is 19.4 Å². The van der Waals surface area contributed by atoms with Crippen LogP contribution in [0.25, 0.3) is 0 Å². The molecule has 1 saturated heterocycles. The molecule has 1 aliphatic rings. The number of ether oxygens (including phenoxy) is 1. The molecule has 0 bridgehead atoms. The Balaban J connectivity index is 2.21. The highest BCUT2D eigenvalue weighted by Gasteiger charge is 2.30. The third-order valence-electron chi connectivity index (χ3n) is 3.43.